The van der Waals surface area contributed by atoms with Crippen molar-refractivity contribution in [3.63, 3.8) is 0 Å². The third-order valence-electron chi connectivity index (χ3n) is 6.72. The minimum atomic E-state index is 0.427. The van der Waals surface area contributed by atoms with Crippen LogP contribution in [0.4, 0.5) is 23.0 Å². The van der Waals surface area contributed by atoms with Gasteiger partial charge in [0.25, 0.3) is 0 Å². The van der Waals surface area contributed by atoms with Gasteiger partial charge in [-0.15, -0.1) is 0 Å². The first-order valence-electron chi connectivity index (χ1n) is 11.5. The number of nitrogens with one attached hydrogen (secondary N) is 1. The van der Waals surface area contributed by atoms with Crippen molar-refractivity contribution in [2.75, 3.05) is 50.2 Å². The number of aromatic nitrogens is 3. The molecule has 1 fully saturated rings. The molecule has 3 heterocycles. The number of hydrogen-bond donors (Lipinski definition) is 2. The summed E-state index contributed by atoms with van der Waals surface area (Å²) in [5, 5.41) is 4.47. The Morgan fingerprint density at radius 1 is 1.18 bits per heavy atom. The quantitative estimate of drug-likeness (QED) is 0.422. The Morgan fingerprint density at radius 3 is 2.76 bits per heavy atom. The van der Waals surface area contributed by atoms with Crippen LogP contribution in [0.25, 0.3) is 22.2 Å². The highest BCUT2D eigenvalue weighted by Gasteiger charge is 2.25. The third-order valence-corrected chi connectivity index (χ3v) is 6.72. The van der Waals surface area contributed by atoms with E-state index in [9.17, 15) is 0 Å². The Hall–Kier alpha value is -3.78. The maximum absolute atomic E-state index is 6.49. The average molecular weight is 458 g/mol. The van der Waals surface area contributed by atoms with E-state index in [1.165, 1.54) is 0 Å². The molecule has 3 N–H and O–H groups in total. The van der Waals surface area contributed by atoms with Crippen molar-refractivity contribution in [2.45, 2.75) is 12.5 Å². The number of anilines is 4. The number of hydrogen-bond acceptors (Lipinski definition) is 7. The van der Waals surface area contributed by atoms with E-state index in [2.05, 4.69) is 57.1 Å². The molecule has 0 saturated carbocycles. The first-order valence-corrected chi connectivity index (χ1v) is 11.5. The summed E-state index contributed by atoms with van der Waals surface area (Å²) in [6.45, 7) is 2.11. The molecule has 1 unspecified atom stereocenters. The lowest BCUT2D eigenvalue weighted by Crippen LogP contribution is -2.34. The molecule has 1 atom stereocenters. The molecule has 34 heavy (non-hydrogen) atoms. The zero-order valence-corrected chi connectivity index (χ0v) is 20.1. The fourth-order valence-electron chi connectivity index (χ4n) is 4.82. The van der Waals surface area contributed by atoms with Gasteiger partial charge in [0.2, 0.25) is 5.95 Å². The number of nitrogens with zero attached hydrogens (tertiary/aromatic N) is 5. The van der Waals surface area contributed by atoms with Crippen molar-refractivity contribution in [1.82, 2.24) is 19.4 Å². The first kappa shape index (κ1) is 22.0. The highest BCUT2D eigenvalue weighted by atomic mass is 16.5. The second kappa shape index (κ2) is 8.87. The fourth-order valence-corrected chi connectivity index (χ4v) is 4.82. The second-order valence-corrected chi connectivity index (χ2v) is 8.99. The van der Waals surface area contributed by atoms with Crippen LogP contribution in [0.3, 0.4) is 0 Å². The van der Waals surface area contributed by atoms with Crippen molar-refractivity contribution < 1.29 is 4.74 Å². The van der Waals surface area contributed by atoms with E-state index in [0.717, 1.165) is 53.0 Å². The van der Waals surface area contributed by atoms with Gasteiger partial charge in [-0.2, -0.15) is 0 Å². The van der Waals surface area contributed by atoms with Crippen molar-refractivity contribution >= 4 is 33.9 Å². The lowest BCUT2D eigenvalue weighted by Gasteiger charge is -2.28. The smallest absolute Gasteiger partial charge is 0.227 e. The Balaban J connectivity index is 1.45. The van der Waals surface area contributed by atoms with Gasteiger partial charge in [-0.1, -0.05) is 18.2 Å². The van der Waals surface area contributed by atoms with Gasteiger partial charge in [-0.25, -0.2) is 9.97 Å². The Bertz CT molecular complexity index is 1330. The van der Waals surface area contributed by atoms with Crippen LogP contribution >= 0.6 is 0 Å². The molecule has 2 aromatic carbocycles. The average Bonchev–Trinajstić information content (AvgIpc) is 3.42. The summed E-state index contributed by atoms with van der Waals surface area (Å²) in [7, 11) is 7.95. The van der Waals surface area contributed by atoms with E-state index in [4.69, 9.17) is 15.5 Å². The van der Waals surface area contributed by atoms with E-state index in [1.54, 1.807) is 13.3 Å². The molecule has 0 amide bonds. The number of ether oxygens (including phenoxy) is 1. The number of nitrogen functional groups attached to an aromatic ring is 1. The van der Waals surface area contributed by atoms with Crippen LogP contribution in [0.2, 0.25) is 0 Å². The molecule has 2 aromatic heterocycles. The Morgan fingerprint density at radius 2 is 2.00 bits per heavy atom. The SMILES string of the molecule is COc1cc(N(C)C2CCN(C)C2)c(N)cc1Nc1nccc(-c2cn(C)c3ccccc23)n1. The van der Waals surface area contributed by atoms with Crippen LogP contribution in [-0.4, -0.2) is 59.8 Å². The minimum absolute atomic E-state index is 0.427. The van der Waals surface area contributed by atoms with E-state index >= 15 is 0 Å². The molecule has 4 aromatic rings. The lowest BCUT2D eigenvalue weighted by atomic mass is 10.1. The normalized spacial score (nSPS) is 16.2. The predicted molar refractivity (Wildman–Crippen MR) is 139 cm³/mol. The standard InChI is InChI=1S/C26H31N7O/c1-31-12-10-17(15-31)33(3)24-14-25(34-4)22(13-20(24)27)30-26-28-11-9-21(29-26)19-16-32(2)23-8-6-5-7-18(19)23/h5-9,11,13-14,16-17H,10,12,15,27H2,1-4H3,(H,28,29,30). The minimum Gasteiger partial charge on any atom is -0.494 e. The Kier molecular flexibility index (Phi) is 5.75. The third kappa shape index (κ3) is 4.01. The number of benzene rings is 2. The van der Waals surface area contributed by atoms with Crippen molar-refractivity contribution in [1.29, 1.82) is 0 Å². The number of likely N-dealkylation sites (tertiary alicyclic amines) is 1. The van der Waals surface area contributed by atoms with Crippen LogP contribution in [0.5, 0.6) is 5.75 Å². The summed E-state index contributed by atoms with van der Waals surface area (Å²) in [6.07, 6.45) is 4.98. The maximum Gasteiger partial charge on any atom is 0.227 e. The molecule has 0 bridgehead atoms. The second-order valence-electron chi connectivity index (χ2n) is 8.99. The van der Waals surface area contributed by atoms with E-state index < -0.39 is 0 Å². The predicted octanol–water partition coefficient (Wildman–Crippen LogP) is 4.11. The number of aryl methyl sites for hydroxylation is 1. The largest absolute Gasteiger partial charge is 0.494 e. The summed E-state index contributed by atoms with van der Waals surface area (Å²) in [6, 6.07) is 14.5. The molecule has 1 aliphatic rings. The molecule has 0 radical (unpaired) electrons. The zero-order chi connectivity index (χ0) is 23.8. The lowest BCUT2D eigenvalue weighted by molar-refractivity contribution is 0.409. The molecule has 0 spiro atoms. The molecule has 8 heteroatoms. The number of rotatable bonds is 6. The van der Waals surface area contributed by atoms with Crippen molar-refractivity contribution in [2.24, 2.45) is 7.05 Å². The maximum atomic E-state index is 6.49. The number of methoxy groups -OCH3 is 1. The van der Waals surface area contributed by atoms with Crippen molar-refractivity contribution in [3.8, 4) is 17.0 Å². The van der Waals surface area contributed by atoms with E-state index in [1.807, 2.05) is 37.4 Å². The molecular weight excluding hydrogens is 426 g/mol. The van der Waals surface area contributed by atoms with Gasteiger partial charge in [0.15, 0.2) is 0 Å². The first-order chi connectivity index (χ1) is 16.4. The summed E-state index contributed by atoms with van der Waals surface area (Å²) in [5.74, 6) is 1.18. The van der Waals surface area contributed by atoms with Crippen molar-refractivity contribution in [3.05, 3.63) is 54.9 Å². The monoisotopic (exact) mass is 457 g/mol. The topological polar surface area (TPSA) is 84.5 Å². The van der Waals surface area contributed by atoms with Gasteiger partial charge < -0.3 is 30.2 Å². The molecule has 1 aliphatic heterocycles. The van der Waals surface area contributed by atoms with E-state index in [0.29, 0.717) is 23.4 Å². The number of likely N-dealkylation sites (N-methyl/N-ethyl adjacent to an activating group) is 2. The van der Waals surface area contributed by atoms with Crippen LogP contribution in [0, 0.1) is 0 Å². The zero-order valence-electron chi connectivity index (χ0n) is 20.1. The summed E-state index contributed by atoms with van der Waals surface area (Å²) >= 11 is 0. The van der Waals surface area contributed by atoms with Gasteiger partial charge in [-0.3, -0.25) is 0 Å². The van der Waals surface area contributed by atoms with Gasteiger partial charge in [0, 0.05) is 61.6 Å². The highest BCUT2D eigenvalue weighted by Crippen LogP contribution is 2.38. The molecule has 8 nitrogen and oxygen atoms in total. The van der Waals surface area contributed by atoms with Crippen LogP contribution in [-0.2, 0) is 7.05 Å². The molecule has 1 saturated heterocycles. The summed E-state index contributed by atoms with van der Waals surface area (Å²) in [4.78, 5) is 13.8. The van der Waals surface area contributed by atoms with Crippen LogP contribution in [0.15, 0.2) is 54.9 Å². The number of fused-ring (bicyclic) bond motifs is 1. The molecule has 176 valence electrons. The van der Waals surface area contributed by atoms with Gasteiger partial charge in [0.05, 0.1) is 29.9 Å². The van der Waals surface area contributed by atoms with Gasteiger partial charge in [0.1, 0.15) is 5.75 Å². The van der Waals surface area contributed by atoms with Gasteiger partial charge >= 0.3 is 0 Å². The number of para-hydroxylation sites is 1. The Labute approximate surface area is 200 Å². The highest BCUT2D eigenvalue weighted by molar-refractivity contribution is 5.95. The molecule has 5 rings (SSSR count). The molecular formula is C26H31N7O. The summed E-state index contributed by atoms with van der Waals surface area (Å²) in [5.41, 5.74) is 12.0. The summed E-state index contributed by atoms with van der Waals surface area (Å²) < 4.78 is 7.82. The van der Waals surface area contributed by atoms with Crippen LogP contribution in [0.1, 0.15) is 6.42 Å². The molecule has 0 aliphatic carbocycles. The van der Waals surface area contributed by atoms with Crippen LogP contribution < -0.4 is 20.7 Å². The van der Waals surface area contributed by atoms with E-state index in [-0.39, 0.29) is 0 Å². The number of nitrogens with two attached hydrogens (primary N) is 1. The fraction of sp³-hybridized carbons (Fsp3) is 0.308. The van der Waals surface area contributed by atoms with Gasteiger partial charge in [-0.05, 0) is 38.2 Å².